The molecule has 7 nitrogen and oxygen atoms in total. The molecule has 27 heavy (non-hydrogen) atoms. The van der Waals surface area contributed by atoms with Crippen LogP contribution >= 0.6 is 0 Å². The highest BCUT2D eigenvalue weighted by molar-refractivity contribution is 5.96. The first-order valence-corrected chi connectivity index (χ1v) is 8.50. The molecule has 1 N–H and O–H groups in total. The van der Waals surface area contributed by atoms with Gasteiger partial charge in [0.05, 0.1) is 7.11 Å². The maximum atomic E-state index is 12.5. The van der Waals surface area contributed by atoms with E-state index in [9.17, 15) is 4.79 Å². The van der Waals surface area contributed by atoms with Gasteiger partial charge in [0.1, 0.15) is 11.5 Å². The first-order valence-electron chi connectivity index (χ1n) is 8.50. The summed E-state index contributed by atoms with van der Waals surface area (Å²) in [6, 6.07) is 12.9. The molecule has 3 rings (SSSR count). The van der Waals surface area contributed by atoms with Gasteiger partial charge in [0, 0.05) is 5.56 Å². The van der Waals surface area contributed by atoms with Gasteiger partial charge in [-0.2, -0.15) is 0 Å². The largest absolute Gasteiger partial charge is 0.497 e. The molecule has 2 aromatic carbocycles. The lowest BCUT2D eigenvalue weighted by Crippen LogP contribution is -2.30. The summed E-state index contributed by atoms with van der Waals surface area (Å²) in [6.45, 7) is 5.63. The van der Waals surface area contributed by atoms with Crippen molar-refractivity contribution in [2.24, 2.45) is 0 Å². The summed E-state index contributed by atoms with van der Waals surface area (Å²) in [5.74, 6) is 1.28. The lowest BCUT2D eigenvalue weighted by atomic mass is 10.1. The van der Waals surface area contributed by atoms with Crippen LogP contribution in [0.15, 0.2) is 47.1 Å². The third kappa shape index (κ3) is 4.08. The van der Waals surface area contributed by atoms with Gasteiger partial charge < -0.3 is 14.8 Å². The van der Waals surface area contributed by atoms with Gasteiger partial charge in [0.15, 0.2) is 11.8 Å². The van der Waals surface area contributed by atoms with Crippen LogP contribution in [0.2, 0.25) is 0 Å². The molecule has 3 aromatic rings. The van der Waals surface area contributed by atoms with Gasteiger partial charge in [-0.3, -0.25) is 4.79 Å². The lowest BCUT2D eigenvalue weighted by molar-refractivity contribution is -0.122. The molecule has 0 aliphatic rings. The second-order valence-electron chi connectivity index (χ2n) is 6.14. The van der Waals surface area contributed by atoms with Gasteiger partial charge in [-0.1, -0.05) is 12.1 Å². The first kappa shape index (κ1) is 18.4. The molecule has 0 bridgehead atoms. The Morgan fingerprint density at radius 1 is 1.11 bits per heavy atom. The fourth-order valence-electron chi connectivity index (χ4n) is 2.52. The average Bonchev–Trinajstić information content (AvgIpc) is 3.13. The number of hydrogen-bond donors (Lipinski definition) is 1. The minimum Gasteiger partial charge on any atom is -0.497 e. The molecule has 0 spiro atoms. The number of amides is 1. The number of ether oxygens (including phenoxy) is 2. The summed E-state index contributed by atoms with van der Waals surface area (Å²) >= 11 is 0. The van der Waals surface area contributed by atoms with Gasteiger partial charge >= 0.3 is 0 Å². The van der Waals surface area contributed by atoms with Crippen LogP contribution in [0.4, 0.5) is 5.82 Å². The van der Waals surface area contributed by atoms with Crippen LogP contribution in [0.5, 0.6) is 11.5 Å². The van der Waals surface area contributed by atoms with Crippen molar-refractivity contribution in [3.63, 3.8) is 0 Å². The zero-order valence-electron chi connectivity index (χ0n) is 15.6. The Bertz CT molecular complexity index is 935. The number of nitrogens with zero attached hydrogens (tertiary/aromatic N) is 2. The Morgan fingerprint density at radius 3 is 2.56 bits per heavy atom. The molecule has 0 radical (unpaired) electrons. The van der Waals surface area contributed by atoms with Crippen molar-refractivity contribution in [1.82, 2.24) is 10.3 Å². The van der Waals surface area contributed by atoms with Crippen LogP contribution in [0.1, 0.15) is 18.1 Å². The van der Waals surface area contributed by atoms with Gasteiger partial charge in [0.25, 0.3) is 5.91 Å². The Labute approximate surface area is 157 Å². The topological polar surface area (TPSA) is 86.5 Å². The number of methoxy groups -OCH3 is 1. The third-order valence-corrected chi connectivity index (χ3v) is 4.32. The number of hydrogen-bond acceptors (Lipinski definition) is 6. The fourth-order valence-corrected chi connectivity index (χ4v) is 2.52. The Morgan fingerprint density at radius 2 is 1.85 bits per heavy atom. The van der Waals surface area contributed by atoms with Crippen molar-refractivity contribution in [1.29, 1.82) is 0 Å². The highest BCUT2D eigenvalue weighted by Crippen LogP contribution is 2.27. The second kappa shape index (κ2) is 7.90. The maximum absolute atomic E-state index is 12.5. The number of benzene rings is 2. The average molecular weight is 367 g/mol. The van der Waals surface area contributed by atoms with Gasteiger partial charge in [-0.25, -0.2) is 4.63 Å². The van der Waals surface area contributed by atoms with Crippen LogP contribution < -0.4 is 14.8 Å². The van der Waals surface area contributed by atoms with E-state index in [1.807, 2.05) is 44.2 Å². The number of rotatable bonds is 6. The first-order chi connectivity index (χ1) is 13.0. The lowest BCUT2D eigenvalue weighted by Gasteiger charge is -2.16. The van der Waals surface area contributed by atoms with E-state index in [1.165, 1.54) is 0 Å². The van der Waals surface area contributed by atoms with E-state index in [2.05, 4.69) is 15.6 Å². The SMILES string of the molecule is COc1ccc(-c2nonc2NC(=O)[C@@H](C)Oc2cccc(C)c2C)cc1. The zero-order valence-corrected chi connectivity index (χ0v) is 15.6. The molecule has 0 saturated heterocycles. The summed E-state index contributed by atoms with van der Waals surface area (Å²) in [5, 5.41) is 10.4. The quantitative estimate of drug-likeness (QED) is 0.714. The molecule has 0 saturated carbocycles. The summed E-state index contributed by atoms with van der Waals surface area (Å²) < 4.78 is 15.8. The van der Waals surface area contributed by atoms with Crippen molar-refractivity contribution in [2.75, 3.05) is 12.4 Å². The predicted octanol–water partition coefficient (Wildman–Crippen LogP) is 3.77. The molecule has 1 atom stereocenters. The maximum Gasteiger partial charge on any atom is 0.266 e. The van der Waals surface area contributed by atoms with E-state index in [0.29, 0.717) is 11.4 Å². The fraction of sp³-hybridized carbons (Fsp3) is 0.250. The van der Waals surface area contributed by atoms with Gasteiger partial charge in [-0.15, -0.1) is 0 Å². The molecule has 1 amide bonds. The Hall–Kier alpha value is -3.35. The van der Waals surface area contributed by atoms with Crippen LogP contribution in [0.3, 0.4) is 0 Å². The Balaban J connectivity index is 1.72. The number of carbonyl (C=O) groups excluding carboxylic acids is 1. The number of anilines is 1. The summed E-state index contributed by atoms with van der Waals surface area (Å²) in [4.78, 5) is 12.5. The van der Waals surface area contributed by atoms with E-state index in [0.717, 1.165) is 22.4 Å². The minimum atomic E-state index is -0.717. The van der Waals surface area contributed by atoms with Crippen molar-refractivity contribution < 1.29 is 18.9 Å². The zero-order chi connectivity index (χ0) is 19.4. The highest BCUT2D eigenvalue weighted by atomic mass is 16.6. The molecule has 1 heterocycles. The molecule has 1 aromatic heterocycles. The second-order valence-corrected chi connectivity index (χ2v) is 6.14. The number of carbonyl (C=O) groups is 1. The van der Waals surface area contributed by atoms with Gasteiger partial charge in [0.2, 0.25) is 5.82 Å². The van der Waals surface area contributed by atoms with Crippen LogP contribution in [0, 0.1) is 13.8 Å². The minimum absolute atomic E-state index is 0.238. The summed E-state index contributed by atoms with van der Waals surface area (Å²) in [6.07, 6.45) is -0.717. The van der Waals surface area contributed by atoms with Crippen molar-refractivity contribution in [3.05, 3.63) is 53.6 Å². The molecule has 0 aliphatic carbocycles. The molecular weight excluding hydrogens is 346 g/mol. The molecule has 0 unspecified atom stereocenters. The van der Waals surface area contributed by atoms with E-state index in [-0.39, 0.29) is 11.7 Å². The van der Waals surface area contributed by atoms with Crippen LogP contribution in [-0.4, -0.2) is 29.4 Å². The number of aryl methyl sites for hydroxylation is 1. The number of aromatic nitrogens is 2. The van der Waals surface area contributed by atoms with Crippen molar-refractivity contribution >= 4 is 11.7 Å². The molecule has 0 fully saturated rings. The predicted molar refractivity (Wildman–Crippen MR) is 101 cm³/mol. The molecule has 140 valence electrons. The van der Waals surface area contributed by atoms with E-state index >= 15 is 0 Å². The summed E-state index contributed by atoms with van der Waals surface area (Å²) in [7, 11) is 1.59. The molecular formula is C20H21N3O4. The number of nitrogens with one attached hydrogen (secondary N) is 1. The van der Waals surface area contributed by atoms with Gasteiger partial charge in [-0.05, 0) is 72.5 Å². The normalized spacial score (nSPS) is 11.7. The van der Waals surface area contributed by atoms with Crippen molar-refractivity contribution in [2.45, 2.75) is 26.9 Å². The smallest absolute Gasteiger partial charge is 0.266 e. The van der Waals surface area contributed by atoms with E-state index in [1.54, 1.807) is 26.2 Å². The van der Waals surface area contributed by atoms with Crippen LogP contribution in [0.25, 0.3) is 11.3 Å². The van der Waals surface area contributed by atoms with Crippen molar-refractivity contribution in [3.8, 4) is 22.8 Å². The Kier molecular flexibility index (Phi) is 5.40. The summed E-state index contributed by atoms with van der Waals surface area (Å²) in [5.41, 5.74) is 3.28. The standard InChI is InChI=1S/C20H21N3O4/c1-12-6-5-7-17(13(12)2)26-14(3)20(24)21-19-18(22-27-23-19)15-8-10-16(25-4)11-9-15/h5-11,14H,1-4H3,(H,21,23,24)/t14-/m1/s1. The highest BCUT2D eigenvalue weighted by Gasteiger charge is 2.21. The monoisotopic (exact) mass is 367 g/mol. The van der Waals surface area contributed by atoms with Crippen LogP contribution in [-0.2, 0) is 4.79 Å². The third-order valence-electron chi connectivity index (χ3n) is 4.32. The molecule has 0 aliphatic heterocycles. The van der Waals surface area contributed by atoms with E-state index in [4.69, 9.17) is 14.1 Å². The molecule has 7 heteroatoms. The van der Waals surface area contributed by atoms with E-state index < -0.39 is 6.10 Å².